The van der Waals surface area contributed by atoms with Gasteiger partial charge >= 0.3 is 5.97 Å². The Morgan fingerprint density at radius 3 is 2.45 bits per heavy atom. The molecule has 4 rings (SSSR count). The van der Waals surface area contributed by atoms with Crippen molar-refractivity contribution in [1.82, 2.24) is 14.8 Å². The van der Waals surface area contributed by atoms with E-state index in [1.54, 1.807) is 4.68 Å². The number of fused-ring (bicyclic) bond motifs is 1. The lowest BCUT2D eigenvalue weighted by molar-refractivity contribution is -0.153. The maximum absolute atomic E-state index is 12.9. The summed E-state index contributed by atoms with van der Waals surface area (Å²) >= 11 is 0. The van der Waals surface area contributed by atoms with E-state index in [0.29, 0.717) is 35.0 Å². The van der Waals surface area contributed by atoms with Crippen LogP contribution in [0.15, 0.2) is 29.8 Å². The van der Waals surface area contributed by atoms with Gasteiger partial charge in [-0.3, -0.25) is 4.68 Å². The van der Waals surface area contributed by atoms with Crippen LogP contribution in [0.2, 0.25) is 0 Å². The maximum atomic E-state index is 12.9. The van der Waals surface area contributed by atoms with Gasteiger partial charge in [0.05, 0.1) is 18.7 Å². The van der Waals surface area contributed by atoms with Gasteiger partial charge in [-0.15, -0.1) is 0 Å². The van der Waals surface area contributed by atoms with E-state index in [4.69, 9.17) is 11.3 Å². The summed E-state index contributed by atoms with van der Waals surface area (Å²) in [5.74, 6) is 1.89. The minimum Gasteiger partial charge on any atom is -0.459 e. The fourth-order valence-corrected chi connectivity index (χ4v) is 4.71. The second kappa shape index (κ2) is 7.47. The zero-order valence-electron chi connectivity index (χ0n) is 17.3. The van der Waals surface area contributed by atoms with Crippen LogP contribution in [0.4, 0.5) is 0 Å². The minimum atomic E-state index is -0.404. The molecular weight excluding hydrogens is 364 g/mol. The van der Waals surface area contributed by atoms with E-state index in [-0.39, 0.29) is 18.3 Å². The summed E-state index contributed by atoms with van der Waals surface area (Å²) in [7, 11) is 0. The largest absolute Gasteiger partial charge is 0.459 e. The molecule has 29 heavy (non-hydrogen) atoms. The highest BCUT2D eigenvalue weighted by Crippen LogP contribution is 2.37. The van der Waals surface area contributed by atoms with Gasteiger partial charge in [0.25, 0.3) is 0 Å². The molecule has 0 radical (unpaired) electrons. The number of hydrogen-bond donors (Lipinski definition) is 0. The number of carbonyl (C=O) groups is 1. The molecular formula is C23H26N4O2. The molecule has 1 saturated carbocycles. The van der Waals surface area contributed by atoms with E-state index in [1.807, 2.05) is 31.2 Å². The molecule has 1 aromatic heterocycles. The Balaban J connectivity index is 1.57. The van der Waals surface area contributed by atoms with Gasteiger partial charge in [-0.25, -0.2) is 14.6 Å². The Bertz CT molecular complexity index is 1000. The standard InChI is InChI=1S/C23H26N4O2/c1-13-6-8-17(9-7-13)21-25-22-19(24-5)18(12-27(22)26-21)23(28)29-20-15(3)10-14(2)11-16(20)4/h6-9,14-16,20H,10-12H2,1-4H3. The first-order chi connectivity index (χ1) is 13.9. The molecule has 6 heteroatoms. The summed E-state index contributed by atoms with van der Waals surface area (Å²) in [6, 6.07) is 7.93. The minimum absolute atomic E-state index is 0.109. The lowest BCUT2D eigenvalue weighted by Crippen LogP contribution is -2.37. The van der Waals surface area contributed by atoms with Crippen molar-refractivity contribution in [2.45, 2.75) is 53.2 Å². The molecule has 0 spiro atoms. The van der Waals surface area contributed by atoms with E-state index in [9.17, 15) is 4.79 Å². The third-order valence-electron chi connectivity index (χ3n) is 6.06. The number of esters is 1. The van der Waals surface area contributed by atoms with Crippen LogP contribution in [0.25, 0.3) is 21.9 Å². The summed E-state index contributed by atoms with van der Waals surface area (Å²) in [6.07, 6.45) is 2.00. The van der Waals surface area contributed by atoms with E-state index < -0.39 is 5.97 Å². The fourth-order valence-electron chi connectivity index (χ4n) is 4.71. The summed E-state index contributed by atoms with van der Waals surface area (Å²) < 4.78 is 7.53. The van der Waals surface area contributed by atoms with Gasteiger partial charge in [0.15, 0.2) is 11.6 Å². The molecule has 150 valence electrons. The quantitative estimate of drug-likeness (QED) is 0.571. The predicted molar refractivity (Wildman–Crippen MR) is 110 cm³/mol. The lowest BCUT2D eigenvalue weighted by Gasteiger charge is -2.37. The van der Waals surface area contributed by atoms with E-state index in [2.05, 4.69) is 35.7 Å². The molecule has 0 bridgehead atoms. The van der Waals surface area contributed by atoms with Crippen LogP contribution in [0.3, 0.4) is 0 Å². The predicted octanol–water partition coefficient (Wildman–Crippen LogP) is 4.51. The first-order valence-electron chi connectivity index (χ1n) is 10.2. The van der Waals surface area contributed by atoms with Gasteiger partial charge in [-0.2, -0.15) is 5.10 Å². The van der Waals surface area contributed by atoms with Gasteiger partial charge in [0.1, 0.15) is 6.10 Å². The number of benzene rings is 1. The molecule has 2 unspecified atom stereocenters. The van der Waals surface area contributed by atoms with E-state index in [1.165, 1.54) is 0 Å². The second-order valence-corrected chi connectivity index (χ2v) is 8.62. The molecule has 0 N–H and O–H groups in total. The first kappa shape index (κ1) is 19.4. The third-order valence-corrected chi connectivity index (χ3v) is 6.06. The van der Waals surface area contributed by atoms with Crippen LogP contribution >= 0.6 is 0 Å². The average molecular weight is 390 g/mol. The van der Waals surface area contributed by atoms with Gasteiger partial charge in [-0.05, 0) is 37.5 Å². The Morgan fingerprint density at radius 2 is 1.83 bits per heavy atom. The van der Waals surface area contributed by atoms with Crippen molar-refractivity contribution in [2.24, 2.45) is 17.8 Å². The lowest BCUT2D eigenvalue weighted by atomic mass is 9.75. The SMILES string of the molecule is [C-]#[N+]C1=C(C(=O)OC2C(C)CC(C)CC2C)Cn2nc(-c3ccc(C)cc3)nc21. The van der Waals surface area contributed by atoms with Crippen LogP contribution in [0, 0.1) is 31.2 Å². The van der Waals surface area contributed by atoms with Gasteiger partial charge in [0, 0.05) is 5.56 Å². The third kappa shape index (κ3) is 3.57. The highest BCUT2D eigenvalue weighted by atomic mass is 16.5. The number of carbonyl (C=O) groups excluding carboxylic acids is 1. The van der Waals surface area contributed by atoms with Gasteiger partial charge in [0.2, 0.25) is 5.70 Å². The number of nitrogens with zero attached hydrogens (tertiary/aromatic N) is 4. The molecule has 0 amide bonds. The van der Waals surface area contributed by atoms with Crippen LogP contribution in [0.5, 0.6) is 0 Å². The Kier molecular flexibility index (Phi) is 4.99. The van der Waals surface area contributed by atoms with Crippen molar-refractivity contribution in [3.8, 4) is 11.4 Å². The highest BCUT2D eigenvalue weighted by Gasteiger charge is 2.37. The molecule has 1 aliphatic heterocycles. The summed E-state index contributed by atoms with van der Waals surface area (Å²) in [5.41, 5.74) is 2.67. The average Bonchev–Trinajstić information content (AvgIpc) is 3.22. The summed E-state index contributed by atoms with van der Waals surface area (Å²) in [4.78, 5) is 21.1. The Labute approximate surface area is 171 Å². The number of hydrogen-bond acceptors (Lipinski definition) is 4. The molecule has 1 aliphatic carbocycles. The fraction of sp³-hybridized carbons (Fsp3) is 0.478. The summed E-state index contributed by atoms with van der Waals surface area (Å²) in [6.45, 7) is 16.4. The molecule has 2 atom stereocenters. The molecule has 6 nitrogen and oxygen atoms in total. The topological polar surface area (TPSA) is 61.4 Å². The van der Waals surface area contributed by atoms with Crippen LogP contribution in [0.1, 0.15) is 45.0 Å². The smallest absolute Gasteiger partial charge is 0.325 e. The van der Waals surface area contributed by atoms with Crippen LogP contribution in [-0.4, -0.2) is 26.8 Å². The van der Waals surface area contributed by atoms with Crippen molar-refractivity contribution < 1.29 is 9.53 Å². The first-order valence-corrected chi connectivity index (χ1v) is 10.2. The van der Waals surface area contributed by atoms with Crippen molar-refractivity contribution in [2.75, 3.05) is 0 Å². The monoisotopic (exact) mass is 390 g/mol. The summed E-state index contributed by atoms with van der Waals surface area (Å²) in [5, 5.41) is 4.52. The Morgan fingerprint density at radius 1 is 1.17 bits per heavy atom. The molecule has 1 fully saturated rings. The normalized spacial score (nSPS) is 26.2. The molecule has 2 heterocycles. The molecule has 0 saturated heterocycles. The van der Waals surface area contributed by atoms with Crippen LogP contribution < -0.4 is 0 Å². The number of ether oxygens (including phenoxy) is 1. The maximum Gasteiger partial charge on any atom is 0.325 e. The van der Waals surface area contributed by atoms with Gasteiger partial charge in [-0.1, -0.05) is 50.6 Å². The highest BCUT2D eigenvalue weighted by molar-refractivity contribution is 5.99. The van der Waals surface area contributed by atoms with Gasteiger partial charge < -0.3 is 4.74 Å². The van der Waals surface area contributed by atoms with Crippen molar-refractivity contribution in [1.29, 1.82) is 0 Å². The Hall–Kier alpha value is -2.94. The molecule has 2 aromatic rings. The van der Waals surface area contributed by atoms with Crippen molar-refractivity contribution in [3.05, 3.63) is 52.6 Å². The second-order valence-electron chi connectivity index (χ2n) is 8.62. The number of rotatable bonds is 3. The molecule has 2 aliphatic rings. The number of aryl methyl sites for hydroxylation is 1. The van der Waals surface area contributed by atoms with E-state index >= 15 is 0 Å². The van der Waals surface area contributed by atoms with Crippen molar-refractivity contribution >= 4 is 11.7 Å². The number of aromatic nitrogens is 3. The van der Waals surface area contributed by atoms with Crippen LogP contribution in [-0.2, 0) is 16.1 Å². The molecule has 1 aromatic carbocycles. The zero-order chi connectivity index (χ0) is 20.7. The zero-order valence-corrected chi connectivity index (χ0v) is 17.3. The van der Waals surface area contributed by atoms with E-state index in [0.717, 1.165) is 24.0 Å². The van der Waals surface area contributed by atoms with Crippen molar-refractivity contribution in [3.63, 3.8) is 0 Å².